The van der Waals surface area contributed by atoms with Gasteiger partial charge in [-0.1, -0.05) is 71.4 Å². The van der Waals surface area contributed by atoms with E-state index in [1.807, 2.05) is 0 Å². The van der Waals surface area contributed by atoms with Crippen molar-refractivity contribution in [1.82, 2.24) is 0 Å². The van der Waals surface area contributed by atoms with Crippen LogP contribution in [0.2, 0.25) is 0 Å². The van der Waals surface area contributed by atoms with Gasteiger partial charge in [0.05, 0.1) is 37.6 Å². The predicted molar refractivity (Wildman–Crippen MR) is 161 cm³/mol. The van der Waals surface area contributed by atoms with Crippen LogP contribution in [-0.4, -0.2) is 49.1 Å². The maximum Gasteiger partial charge on any atom is 0.335 e. The second kappa shape index (κ2) is 18.7. The highest BCUT2D eigenvalue weighted by Gasteiger charge is 2.31. The fourth-order valence-corrected chi connectivity index (χ4v) is 6.31. The molecule has 0 amide bonds. The van der Waals surface area contributed by atoms with Crippen LogP contribution in [0.5, 0.6) is 0 Å². The first kappa shape index (κ1) is 34.5. The van der Waals surface area contributed by atoms with E-state index in [2.05, 4.69) is 20.1 Å². The number of aliphatic hydroxyl groups excluding tert-OH is 1. The van der Waals surface area contributed by atoms with E-state index in [4.69, 9.17) is 14.2 Å². The number of ether oxygens (including phenoxy) is 3. The summed E-state index contributed by atoms with van der Waals surface area (Å²) in [6.07, 6.45) is 17.4. The molecule has 6 nitrogen and oxygen atoms in total. The van der Waals surface area contributed by atoms with Crippen molar-refractivity contribution in [3.05, 3.63) is 24.3 Å². The zero-order chi connectivity index (χ0) is 29.5. The molecule has 3 unspecified atom stereocenters. The largest absolute Gasteiger partial charge is 0.462 e. The summed E-state index contributed by atoms with van der Waals surface area (Å²) in [5.74, 6) is 2.47. The lowest BCUT2D eigenvalue weighted by Gasteiger charge is -2.38. The third kappa shape index (κ3) is 12.9. The molecule has 0 aromatic rings. The molecule has 40 heavy (non-hydrogen) atoms. The first-order chi connectivity index (χ1) is 19.1. The lowest BCUT2D eigenvalue weighted by molar-refractivity contribution is -0.145. The molecule has 2 rings (SSSR count). The zero-order valence-electron chi connectivity index (χ0n) is 26.0. The van der Waals surface area contributed by atoms with Gasteiger partial charge in [-0.05, 0) is 83.0 Å². The van der Waals surface area contributed by atoms with Gasteiger partial charge < -0.3 is 19.3 Å². The number of hydrogen-bond acceptors (Lipinski definition) is 6. The number of hydrogen-bond donors (Lipinski definition) is 1. The highest BCUT2D eigenvalue weighted by Crippen LogP contribution is 2.43. The summed E-state index contributed by atoms with van der Waals surface area (Å²) in [5.41, 5.74) is 0.570. The van der Waals surface area contributed by atoms with Gasteiger partial charge in [-0.25, -0.2) is 9.59 Å². The Morgan fingerprint density at radius 2 is 1.35 bits per heavy atom. The van der Waals surface area contributed by atoms with Crippen LogP contribution in [0.4, 0.5) is 0 Å². The summed E-state index contributed by atoms with van der Waals surface area (Å²) in [6, 6.07) is 0. The molecule has 3 atom stereocenters. The minimum absolute atomic E-state index is 0.00393. The van der Waals surface area contributed by atoms with Crippen molar-refractivity contribution < 1.29 is 28.9 Å². The van der Waals surface area contributed by atoms with Crippen molar-refractivity contribution in [2.45, 2.75) is 130 Å². The number of carbonyl (C=O) groups is 2. The highest BCUT2D eigenvalue weighted by molar-refractivity contribution is 5.88. The van der Waals surface area contributed by atoms with E-state index in [0.717, 1.165) is 30.6 Å². The fourth-order valence-electron chi connectivity index (χ4n) is 6.31. The van der Waals surface area contributed by atoms with Crippen molar-refractivity contribution in [2.24, 2.45) is 29.6 Å². The van der Waals surface area contributed by atoms with Crippen molar-refractivity contribution >= 4 is 11.9 Å². The van der Waals surface area contributed by atoms with Gasteiger partial charge in [0.15, 0.2) is 0 Å². The van der Waals surface area contributed by atoms with Crippen LogP contribution in [0.15, 0.2) is 24.3 Å². The Balaban J connectivity index is 1.75. The third-order valence-electron chi connectivity index (χ3n) is 9.39. The molecule has 6 heteroatoms. The fraction of sp³-hybridized carbons (Fsp3) is 0.824. The van der Waals surface area contributed by atoms with Crippen LogP contribution in [-0.2, 0) is 23.8 Å². The molecule has 0 bridgehead atoms. The van der Waals surface area contributed by atoms with Gasteiger partial charge in [-0.2, -0.15) is 0 Å². The van der Waals surface area contributed by atoms with Gasteiger partial charge in [0, 0.05) is 11.5 Å². The topological polar surface area (TPSA) is 82.1 Å². The van der Waals surface area contributed by atoms with Gasteiger partial charge in [-0.3, -0.25) is 0 Å². The average molecular weight is 563 g/mol. The Bertz CT molecular complexity index is 773. The van der Waals surface area contributed by atoms with E-state index in [0.29, 0.717) is 11.5 Å². The average Bonchev–Trinajstić information content (AvgIpc) is 2.95. The first-order valence-corrected chi connectivity index (χ1v) is 16.1. The maximum atomic E-state index is 12.5. The molecule has 2 fully saturated rings. The van der Waals surface area contributed by atoms with Crippen LogP contribution in [0, 0.1) is 29.6 Å². The molecule has 2 aliphatic rings. The Kier molecular flexibility index (Phi) is 16.2. The van der Waals surface area contributed by atoms with Crippen LogP contribution < -0.4 is 0 Å². The summed E-state index contributed by atoms with van der Waals surface area (Å²) in [4.78, 5) is 24.5. The summed E-state index contributed by atoms with van der Waals surface area (Å²) in [7, 11) is 0. The Hall–Kier alpha value is -1.66. The molecule has 0 radical (unpaired) electrons. The summed E-state index contributed by atoms with van der Waals surface area (Å²) in [6.45, 7) is 15.1. The lowest BCUT2D eigenvalue weighted by atomic mass is 9.68. The van der Waals surface area contributed by atoms with Crippen LogP contribution in [0.25, 0.3) is 0 Å². The Morgan fingerprint density at radius 1 is 0.825 bits per heavy atom. The van der Waals surface area contributed by atoms with E-state index in [-0.39, 0.29) is 31.3 Å². The van der Waals surface area contributed by atoms with E-state index < -0.39 is 24.1 Å². The molecular formula is C34H58O6. The highest BCUT2D eigenvalue weighted by atomic mass is 16.6. The Labute approximate surface area is 244 Å². The SMILES string of the molecule is C=C(C)C(=O)OCC(CCC1CCC(C2CCC(CCCCC)CC2)CC1)COC(=O)C(=C)COC(C)C(C)O. The number of unbranched alkanes of at least 4 members (excludes halogenated alkanes) is 2. The van der Waals surface area contributed by atoms with Gasteiger partial charge in [0.25, 0.3) is 0 Å². The summed E-state index contributed by atoms with van der Waals surface area (Å²) >= 11 is 0. The van der Waals surface area contributed by atoms with Gasteiger partial charge in [-0.15, -0.1) is 0 Å². The number of carbonyl (C=O) groups excluding carboxylic acids is 2. The second-order valence-electron chi connectivity index (χ2n) is 12.8. The zero-order valence-corrected chi connectivity index (χ0v) is 26.0. The third-order valence-corrected chi connectivity index (χ3v) is 9.39. The van der Waals surface area contributed by atoms with Crippen LogP contribution >= 0.6 is 0 Å². The minimum Gasteiger partial charge on any atom is -0.462 e. The maximum absolute atomic E-state index is 12.5. The van der Waals surface area contributed by atoms with Crippen LogP contribution in [0.1, 0.15) is 118 Å². The number of aliphatic hydroxyl groups is 1. The summed E-state index contributed by atoms with van der Waals surface area (Å²) in [5, 5.41) is 9.56. The van der Waals surface area contributed by atoms with Crippen molar-refractivity contribution in [3.63, 3.8) is 0 Å². The molecule has 0 aromatic heterocycles. The molecule has 0 heterocycles. The lowest BCUT2D eigenvalue weighted by Crippen LogP contribution is -2.27. The van der Waals surface area contributed by atoms with Gasteiger partial charge in [0.2, 0.25) is 0 Å². The molecule has 0 spiro atoms. The smallest absolute Gasteiger partial charge is 0.335 e. The molecule has 2 aliphatic carbocycles. The minimum atomic E-state index is -0.637. The van der Waals surface area contributed by atoms with E-state index in [9.17, 15) is 14.7 Å². The molecule has 0 aliphatic heterocycles. The van der Waals surface area contributed by atoms with E-state index in [1.54, 1.807) is 20.8 Å². The first-order valence-electron chi connectivity index (χ1n) is 16.1. The number of esters is 2. The monoisotopic (exact) mass is 562 g/mol. The molecule has 230 valence electrons. The standard InChI is InChI=1S/C34H58O6/c1-7-8-9-10-28-13-17-31(18-14-28)32-19-15-29(16-20-32)11-12-30(22-39-33(36)24(2)3)23-40-34(37)25(4)21-38-27(6)26(5)35/h26-32,35H,2,4,7-23H2,1,3,5-6H3. The van der Waals surface area contributed by atoms with Crippen LogP contribution in [0.3, 0.4) is 0 Å². The molecule has 2 saturated carbocycles. The molecular weight excluding hydrogens is 504 g/mol. The second-order valence-corrected chi connectivity index (χ2v) is 12.8. The van der Waals surface area contributed by atoms with Crippen molar-refractivity contribution in [1.29, 1.82) is 0 Å². The van der Waals surface area contributed by atoms with Crippen molar-refractivity contribution in [2.75, 3.05) is 19.8 Å². The predicted octanol–water partition coefficient (Wildman–Crippen LogP) is 7.58. The van der Waals surface area contributed by atoms with E-state index in [1.165, 1.54) is 77.0 Å². The number of rotatable bonds is 18. The van der Waals surface area contributed by atoms with Gasteiger partial charge >= 0.3 is 11.9 Å². The van der Waals surface area contributed by atoms with Crippen molar-refractivity contribution in [3.8, 4) is 0 Å². The molecule has 1 N–H and O–H groups in total. The Morgan fingerprint density at radius 3 is 1.85 bits per heavy atom. The quantitative estimate of drug-likeness (QED) is 0.105. The normalized spacial score (nSPS) is 25.4. The summed E-state index contributed by atoms with van der Waals surface area (Å²) < 4.78 is 16.4. The molecule has 0 aromatic carbocycles. The molecule has 0 saturated heterocycles. The van der Waals surface area contributed by atoms with E-state index >= 15 is 0 Å². The van der Waals surface area contributed by atoms with Gasteiger partial charge in [0.1, 0.15) is 0 Å².